The number of rotatable bonds is 9. The molecule has 0 saturated carbocycles. The Morgan fingerprint density at radius 1 is 1.00 bits per heavy atom. The van der Waals surface area contributed by atoms with Crippen LogP contribution in [-0.4, -0.2) is 33.2 Å². The lowest BCUT2D eigenvalue weighted by molar-refractivity contribution is -0.122. The average Bonchev–Trinajstić information content (AvgIpc) is 3.50. The molecule has 0 spiro atoms. The van der Waals surface area contributed by atoms with Gasteiger partial charge in [-0.3, -0.25) is 30.1 Å². The fourth-order valence-corrected chi connectivity index (χ4v) is 3.37. The second-order valence-corrected chi connectivity index (χ2v) is 7.65. The second kappa shape index (κ2) is 11.2. The predicted molar refractivity (Wildman–Crippen MR) is 129 cm³/mol. The zero-order chi connectivity index (χ0) is 24.6. The van der Waals surface area contributed by atoms with E-state index in [2.05, 4.69) is 21.0 Å². The van der Waals surface area contributed by atoms with Crippen molar-refractivity contribution in [1.29, 1.82) is 0 Å². The normalized spacial score (nSPS) is 10.5. The Morgan fingerprint density at radius 3 is 2.49 bits per heavy atom. The average molecular weight is 494 g/mol. The van der Waals surface area contributed by atoms with Crippen molar-refractivity contribution in [2.75, 3.05) is 6.61 Å². The molecule has 2 amide bonds. The molecule has 0 fully saturated rings. The van der Waals surface area contributed by atoms with Crippen molar-refractivity contribution in [2.24, 2.45) is 0 Å². The van der Waals surface area contributed by atoms with Gasteiger partial charge in [0.15, 0.2) is 16.4 Å². The largest absolute Gasteiger partial charge is 0.494 e. The third-order valence-electron chi connectivity index (χ3n) is 4.81. The summed E-state index contributed by atoms with van der Waals surface area (Å²) in [6.45, 7) is 2.47. The number of benzene rings is 2. The summed E-state index contributed by atoms with van der Waals surface area (Å²) >= 11 is 5.26. The summed E-state index contributed by atoms with van der Waals surface area (Å²) in [6.07, 6.45) is 0. The third kappa shape index (κ3) is 6.15. The number of ether oxygens (including phenoxy) is 2. The maximum Gasteiger partial charge on any atom is 0.305 e. The van der Waals surface area contributed by atoms with Gasteiger partial charge in [-0.2, -0.15) is 5.10 Å². The SMILES string of the molecule is CCOc1ccc(-c2n[nH]c(=S)n2CC(=O)NNC(=O)c2ccc(COc3ccccc3)o2)cc1. The Kier molecular flexibility index (Phi) is 7.58. The molecule has 2 heterocycles. The topological polar surface area (TPSA) is 123 Å². The zero-order valence-corrected chi connectivity index (χ0v) is 19.6. The number of furan rings is 1. The van der Waals surface area contributed by atoms with E-state index in [1.807, 2.05) is 61.5 Å². The molecule has 35 heavy (non-hydrogen) atoms. The molecular weight excluding hydrogens is 470 g/mol. The number of hydrogen-bond acceptors (Lipinski definition) is 7. The van der Waals surface area contributed by atoms with E-state index >= 15 is 0 Å². The number of carbonyl (C=O) groups is 2. The van der Waals surface area contributed by atoms with Crippen LogP contribution in [0.1, 0.15) is 23.2 Å². The van der Waals surface area contributed by atoms with Crippen LogP contribution in [0.15, 0.2) is 71.1 Å². The van der Waals surface area contributed by atoms with E-state index in [1.165, 1.54) is 10.6 Å². The Labute approximate surface area is 205 Å². The highest BCUT2D eigenvalue weighted by Gasteiger charge is 2.15. The first-order chi connectivity index (χ1) is 17.0. The van der Waals surface area contributed by atoms with Gasteiger partial charge in [0.1, 0.15) is 30.4 Å². The first kappa shape index (κ1) is 23.8. The van der Waals surface area contributed by atoms with Crippen molar-refractivity contribution in [3.63, 3.8) is 0 Å². The van der Waals surface area contributed by atoms with Crippen LogP contribution in [0.3, 0.4) is 0 Å². The molecular formula is C24H23N5O5S. The number of aromatic nitrogens is 3. The molecule has 3 N–H and O–H groups in total. The lowest BCUT2D eigenvalue weighted by atomic mass is 10.2. The summed E-state index contributed by atoms with van der Waals surface area (Å²) < 4.78 is 18.3. The highest BCUT2D eigenvalue weighted by Crippen LogP contribution is 2.21. The van der Waals surface area contributed by atoms with E-state index in [0.717, 1.165) is 11.3 Å². The molecule has 2 aromatic carbocycles. The molecule has 0 atom stereocenters. The van der Waals surface area contributed by atoms with Gasteiger partial charge in [-0.25, -0.2) is 0 Å². The van der Waals surface area contributed by atoms with Crippen molar-refractivity contribution in [3.05, 3.63) is 83.0 Å². The van der Waals surface area contributed by atoms with Crippen LogP contribution in [0.4, 0.5) is 0 Å². The molecule has 0 radical (unpaired) electrons. The lowest BCUT2D eigenvalue weighted by Crippen LogP contribution is -2.43. The fourth-order valence-electron chi connectivity index (χ4n) is 3.17. The summed E-state index contributed by atoms with van der Waals surface area (Å²) in [7, 11) is 0. The summed E-state index contributed by atoms with van der Waals surface area (Å²) in [5.41, 5.74) is 5.44. The summed E-state index contributed by atoms with van der Waals surface area (Å²) in [5.74, 6) is 1.29. The van der Waals surface area contributed by atoms with Crippen LogP contribution in [0.5, 0.6) is 11.5 Å². The van der Waals surface area contributed by atoms with Crippen molar-refractivity contribution in [2.45, 2.75) is 20.1 Å². The van der Waals surface area contributed by atoms with Gasteiger partial charge in [0.25, 0.3) is 5.91 Å². The monoisotopic (exact) mass is 493 g/mol. The number of H-pyrrole nitrogens is 1. The lowest BCUT2D eigenvalue weighted by Gasteiger charge is -2.09. The molecule has 0 saturated heterocycles. The molecule has 0 aliphatic carbocycles. The van der Waals surface area contributed by atoms with Crippen LogP contribution in [-0.2, 0) is 17.9 Å². The minimum atomic E-state index is -0.605. The smallest absolute Gasteiger partial charge is 0.305 e. The van der Waals surface area contributed by atoms with Crippen molar-refractivity contribution < 1.29 is 23.5 Å². The molecule has 11 heteroatoms. The van der Waals surface area contributed by atoms with Crippen LogP contribution in [0.2, 0.25) is 0 Å². The number of hydrazine groups is 1. The van der Waals surface area contributed by atoms with Crippen molar-refractivity contribution >= 4 is 24.0 Å². The molecule has 180 valence electrons. The molecule has 2 aromatic heterocycles. The molecule has 10 nitrogen and oxygen atoms in total. The maximum atomic E-state index is 12.5. The van der Waals surface area contributed by atoms with Crippen LogP contribution >= 0.6 is 12.2 Å². The van der Waals surface area contributed by atoms with Gasteiger partial charge in [0.2, 0.25) is 0 Å². The highest BCUT2D eigenvalue weighted by atomic mass is 32.1. The number of nitrogens with zero attached hydrogens (tertiary/aromatic N) is 2. The Bertz CT molecular complexity index is 1340. The van der Waals surface area contributed by atoms with Gasteiger partial charge in [-0.05, 0) is 67.7 Å². The molecule has 0 bridgehead atoms. The summed E-state index contributed by atoms with van der Waals surface area (Å²) in [6, 6.07) is 19.6. The Balaban J connectivity index is 1.32. The maximum absolute atomic E-state index is 12.5. The first-order valence-corrected chi connectivity index (χ1v) is 11.2. The number of para-hydroxylation sites is 1. The van der Waals surface area contributed by atoms with Crippen LogP contribution < -0.4 is 20.3 Å². The summed E-state index contributed by atoms with van der Waals surface area (Å²) in [5, 5.41) is 6.90. The standard InChI is InChI=1S/C24H23N5O5S/c1-2-32-18-10-8-16(9-11-18)22-26-28-24(35)29(22)14-21(30)25-27-23(31)20-13-12-19(34-20)15-33-17-6-4-3-5-7-17/h3-13H,2,14-15H2,1H3,(H,25,30)(H,27,31)(H,28,35). The zero-order valence-electron chi connectivity index (χ0n) is 18.8. The number of aromatic amines is 1. The van der Waals surface area contributed by atoms with Gasteiger partial charge in [0, 0.05) is 5.56 Å². The number of hydrogen-bond donors (Lipinski definition) is 3. The highest BCUT2D eigenvalue weighted by molar-refractivity contribution is 7.71. The van der Waals surface area contributed by atoms with E-state index in [-0.39, 0.29) is 23.7 Å². The summed E-state index contributed by atoms with van der Waals surface area (Å²) in [4.78, 5) is 24.8. The van der Waals surface area contributed by atoms with Gasteiger partial charge < -0.3 is 13.9 Å². The molecule has 4 aromatic rings. The van der Waals surface area contributed by atoms with Crippen LogP contribution in [0.25, 0.3) is 11.4 Å². The number of amides is 2. The Hall–Kier alpha value is -4.38. The van der Waals surface area contributed by atoms with Crippen molar-refractivity contribution in [3.8, 4) is 22.9 Å². The fraction of sp³-hybridized carbons (Fsp3) is 0.167. The molecule has 0 aliphatic rings. The van der Waals surface area contributed by atoms with E-state index in [9.17, 15) is 9.59 Å². The van der Waals surface area contributed by atoms with Gasteiger partial charge in [-0.1, -0.05) is 18.2 Å². The number of carbonyl (C=O) groups excluding carboxylic acids is 2. The Morgan fingerprint density at radius 2 is 1.74 bits per heavy atom. The second-order valence-electron chi connectivity index (χ2n) is 7.27. The number of nitrogens with one attached hydrogen (secondary N) is 3. The van der Waals surface area contributed by atoms with Gasteiger partial charge in [-0.15, -0.1) is 0 Å². The van der Waals surface area contributed by atoms with Gasteiger partial charge in [0.05, 0.1) is 6.61 Å². The van der Waals surface area contributed by atoms with E-state index in [1.54, 1.807) is 6.07 Å². The molecule has 0 aliphatic heterocycles. The molecule has 0 unspecified atom stereocenters. The van der Waals surface area contributed by atoms with Gasteiger partial charge >= 0.3 is 5.91 Å². The van der Waals surface area contributed by atoms with Crippen molar-refractivity contribution in [1.82, 2.24) is 25.6 Å². The molecule has 4 rings (SSSR count). The van der Waals surface area contributed by atoms with E-state index < -0.39 is 11.8 Å². The minimum Gasteiger partial charge on any atom is -0.494 e. The third-order valence-corrected chi connectivity index (χ3v) is 5.12. The minimum absolute atomic E-state index is 0.0342. The van der Waals surface area contributed by atoms with E-state index in [4.69, 9.17) is 26.1 Å². The van der Waals surface area contributed by atoms with E-state index in [0.29, 0.717) is 23.9 Å². The predicted octanol–water partition coefficient (Wildman–Crippen LogP) is 3.64. The first-order valence-electron chi connectivity index (χ1n) is 10.8. The quantitative estimate of drug-likeness (QED) is 0.240. The van der Waals surface area contributed by atoms with Crippen LogP contribution in [0, 0.1) is 4.77 Å².